The third-order valence-electron chi connectivity index (χ3n) is 4.56. The van der Waals surface area contributed by atoms with Gasteiger partial charge in [0, 0.05) is 49.6 Å². The fraction of sp³-hybridized carbons (Fsp3) is 0.588. The topological polar surface area (TPSA) is 50.8 Å². The number of anilines is 1. The lowest BCUT2D eigenvalue weighted by Crippen LogP contribution is -2.45. The first-order chi connectivity index (χ1) is 11.1. The van der Waals surface area contributed by atoms with Gasteiger partial charge in [-0.15, -0.1) is 0 Å². The number of amides is 1. The molecule has 6 heteroatoms. The van der Waals surface area contributed by atoms with Gasteiger partial charge in [-0.3, -0.25) is 4.79 Å². The van der Waals surface area contributed by atoms with Gasteiger partial charge in [0.2, 0.25) is 5.91 Å². The predicted octanol–water partition coefficient (Wildman–Crippen LogP) is 2.82. The van der Waals surface area contributed by atoms with Gasteiger partial charge in [-0.1, -0.05) is 17.7 Å². The maximum atomic E-state index is 12.1. The highest BCUT2D eigenvalue weighted by molar-refractivity contribution is 6.31. The minimum absolute atomic E-state index is 0.0176. The Labute approximate surface area is 141 Å². The first-order valence-electron chi connectivity index (χ1n) is 8.13. The van der Waals surface area contributed by atoms with Gasteiger partial charge in [0.05, 0.1) is 13.2 Å². The molecule has 1 aromatic carbocycles. The molecule has 2 aliphatic rings. The first kappa shape index (κ1) is 16.7. The van der Waals surface area contributed by atoms with Crippen molar-refractivity contribution in [2.75, 3.05) is 38.2 Å². The average molecular weight is 339 g/mol. The Bertz CT molecular complexity index is 563. The van der Waals surface area contributed by atoms with Crippen molar-refractivity contribution < 1.29 is 14.3 Å². The van der Waals surface area contributed by atoms with Gasteiger partial charge in [0.25, 0.3) is 0 Å². The number of piperidine rings is 1. The largest absolute Gasteiger partial charge is 0.347 e. The van der Waals surface area contributed by atoms with Gasteiger partial charge in [0.1, 0.15) is 0 Å². The molecule has 2 fully saturated rings. The molecule has 0 bridgehead atoms. The number of rotatable bonds is 4. The summed E-state index contributed by atoms with van der Waals surface area (Å²) in [5, 5.41) is 3.57. The molecule has 2 saturated heterocycles. The second kappa shape index (κ2) is 7.18. The summed E-state index contributed by atoms with van der Waals surface area (Å²) in [5.41, 5.74) is 1.80. The van der Waals surface area contributed by atoms with E-state index in [1.165, 1.54) is 0 Å². The fourth-order valence-corrected chi connectivity index (χ4v) is 3.28. The van der Waals surface area contributed by atoms with Crippen LogP contribution in [0.2, 0.25) is 5.02 Å². The van der Waals surface area contributed by atoms with E-state index in [9.17, 15) is 4.79 Å². The molecule has 1 spiro atoms. The van der Waals surface area contributed by atoms with E-state index in [2.05, 4.69) is 10.2 Å². The summed E-state index contributed by atoms with van der Waals surface area (Å²) in [6, 6.07) is 5.51. The SMILES string of the molecule is Cc1ccc(Cl)cc1NC(=O)CCN1CCC2(CC1)OCCO2. The van der Waals surface area contributed by atoms with E-state index in [1.807, 2.05) is 19.1 Å². The number of hydrogen-bond acceptors (Lipinski definition) is 4. The monoisotopic (exact) mass is 338 g/mol. The lowest BCUT2D eigenvalue weighted by molar-refractivity contribution is -0.185. The molecule has 0 radical (unpaired) electrons. The Kier molecular flexibility index (Phi) is 5.21. The van der Waals surface area contributed by atoms with E-state index in [4.69, 9.17) is 21.1 Å². The molecule has 23 heavy (non-hydrogen) atoms. The second-order valence-corrected chi connectivity index (χ2v) is 6.64. The lowest BCUT2D eigenvalue weighted by atomic mass is 10.0. The van der Waals surface area contributed by atoms with Crippen LogP contribution in [0.1, 0.15) is 24.8 Å². The second-order valence-electron chi connectivity index (χ2n) is 6.21. The van der Waals surface area contributed by atoms with Crippen molar-refractivity contribution in [2.24, 2.45) is 0 Å². The number of carbonyl (C=O) groups is 1. The number of nitrogens with one attached hydrogen (secondary N) is 1. The van der Waals surface area contributed by atoms with Crippen molar-refractivity contribution in [2.45, 2.75) is 32.0 Å². The van der Waals surface area contributed by atoms with E-state index in [1.54, 1.807) is 6.07 Å². The van der Waals surface area contributed by atoms with E-state index in [0.717, 1.165) is 43.7 Å². The minimum Gasteiger partial charge on any atom is -0.347 e. The molecule has 1 N–H and O–H groups in total. The molecule has 0 aliphatic carbocycles. The maximum absolute atomic E-state index is 12.1. The van der Waals surface area contributed by atoms with Crippen LogP contribution in [-0.4, -0.2) is 49.4 Å². The molecule has 0 saturated carbocycles. The number of benzene rings is 1. The lowest BCUT2D eigenvalue weighted by Gasteiger charge is -2.37. The van der Waals surface area contributed by atoms with Crippen LogP contribution in [0.15, 0.2) is 18.2 Å². The van der Waals surface area contributed by atoms with Crippen LogP contribution in [0.25, 0.3) is 0 Å². The van der Waals surface area contributed by atoms with Crippen LogP contribution in [0.5, 0.6) is 0 Å². The summed E-state index contributed by atoms with van der Waals surface area (Å²) in [7, 11) is 0. The summed E-state index contributed by atoms with van der Waals surface area (Å²) >= 11 is 5.98. The molecule has 2 heterocycles. The summed E-state index contributed by atoms with van der Waals surface area (Å²) < 4.78 is 11.4. The minimum atomic E-state index is -0.351. The number of hydrogen-bond donors (Lipinski definition) is 1. The van der Waals surface area contributed by atoms with E-state index in [0.29, 0.717) is 24.7 Å². The van der Waals surface area contributed by atoms with Gasteiger partial charge >= 0.3 is 0 Å². The normalized spacial score (nSPS) is 20.8. The molecule has 5 nitrogen and oxygen atoms in total. The average Bonchev–Trinajstić information content (AvgIpc) is 2.99. The van der Waals surface area contributed by atoms with Crippen molar-refractivity contribution in [3.63, 3.8) is 0 Å². The van der Waals surface area contributed by atoms with E-state index < -0.39 is 0 Å². The molecule has 3 rings (SSSR count). The molecule has 0 unspecified atom stereocenters. The van der Waals surface area contributed by atoms with Gasteiger partial charge in [-0.25, -0.2) is 0 Å². The smallest absolute Gasteiger partial charge is 0.225 e. The van der Waals surface area contributed by atoms with Crippen molar-refractivity contribution in [1.82, 2.24) is 4.90 Å². The molecule has 2 aliphatic heterocycles. The maximum Gasteiger partial charge on any atom is 0.225 e. The summed E-state index contributed by atoms with van der Waals surface area (Å²) in [4.78, 5) is 14.4. The molecule has 1 aromatic rings. The predicted molar refractivity (Wildman–Crippen MR) is 89.7 cm³/mol. The molecule has 1 amide bonds. The highest BCUT2D eigenvalue weighted by Crippen LogP contribution is 2.31. The zero-order valence-corrected chi connectivity index (χ0v) is 14.2. The quantitative estimate of drug-likeness (QED) is 0.917. The molecule has 0 atom stereocenters. The van der Waals surface area contributed by atoms with Gasteiger partial charge in [-0.05, 0) is 24.6 Å². The Hall–Kier alpha value is -1.14. The van der Waals surface area contributed by atoms with Crippen molar-refractivity contribution >= 4 is 23.2 Å². The van der Waals surface area contributed by atoms with Gasteiger partial charge in [0.15, 0.2) is 5.79 Å². The Morgan fingerprint density at radius 2 is 2.00 bits per heavy atom. The standard InChI is InChI=1S/C17H23ClN2O3/c1-13-2-3-14(18)12-15(13)19-16(21)4-7-20-8-5-17(6-9-20)22-10-11-23-17/h2-3,12H,4-11H2,1H3,(H,19,21). The van der Waals surface area contributed by atoms with Gasteiger partial charge in [-0.2, -0.15) is 0 Å². The zero-order chi connectivity index (χ0) is 16.3. The zero-order valence-electron chi connectivity index (χ0n) is 13.4. The van der Waals surface area contributed by atoms with E-state index >= 15 is 0 Å². The number of ether oxygens (including phenoxy) is 2. The van der Waals surface area contributed by atoms with Crippen LogP contribution < -0.4 is 5.32 Å². The Morgan fingerprint density at radius 1 is 1.30 bits per heavy atom. The third-order valence-corrected chi connectivity index (χ3v) is 4.80. The van der Waals surface area contributed by atoms with Crippen LogP contribution in [0.4, 0.5) is 5.69 Å². The highest BCUT2D eigenvalue weighted by Gasteiger charge is 2.39. The molecule has 126 valence electrons. The Morgan fingerprint density at radius 3 is 2.70 bits per heavy atom. The Balaban J connectivity index is 1.44. The highest BCUT2D eigenvalue weighted by atomic mass is 35.5. The summed E-state index contributed by atoms with van der Waals surface area (Å²) in [6.45, 7) is 5.91. The third kappa shape index (κ3) is 4.23. The van der Waals surface area contributed by atoms with Crippen molar-refractivity contribution in [3.05, 3.63) is 28.8 Å². The molecular weight excluding hydrogens is 316 g/mol. The van der Waals surface area contributed by atoms with Crippen LogP contribution >= 0.6 is 11.6 Å². The van der Waals surface area contributed by atoms with Crippen LogP contribution in [0, 0.1) is 6.92 Å². The van der Waals surface area contributed by atoms with E-state index in [-0.39, 0.29) is 11.7 Å². The number of nitrogens with zero attached hydrogens (tertiary/aromatic N) is 1. The first-order valence-corrected chi connectivity index (χ1v) is 8.50. The van der Waals surface area contributed by atoms with Crippen molar-refractivity contribution in [1.29, 1.82) is 0 Å². The number of carbonyl (C=O) groups excluding carboxylic acids is 1. The van der Waals surface area contributed by atoms with Crippen LogP contribution in [-0.2, 0) is 14.3 Å². The number of halogens is 1. The summed E-state index contributed by atoms with van der Waals surface area (Å²) in [6.07, 6.45) is 2.23. The fourth-order valence-electron chi connectivity index (χ4n) is 3.10. The number of likely N-dealkylation sites (tertiary alicyclic amines) is 1. The van der Waals surface area contributed by atoms with Gasteiger partial charge < -0.3 is 19.7 Å². The molecular formula is C17H23ClN2O3. The van der Waals surface area contributed by atoms with Crippen molar-refractivity contribution in [3.8, 4) is 0 Å². The molecule has 0 aromatic heterocycles. The summed E-state index contributed by atoms with van der Waals surface area (Å²) in [5.74, 6) is -0.333. The number of aryl methyl sites for hydroxylation is 1. The van der Waals surface area contributed by atoms with Crippen LogP contribution in [0.3, 0.4) is 0 Å².